The van der Waals surface area contributed by atoms with Gasteiger partial charge in [0, 0.05) is 12.1 Å². The molecule has 3 aromatic rings. The molecule has 120 valence electrons. The summed E-state index contributed by atoms with van der Waals surface area (Å²) in [5.41, 5.74) is 1.96. The second-order valence-corrected chi connectivity index (χ2v) is 8.21. The molecule has 0 saturated heterocycles. The van der Waals surface area contributed by atoms with Crippen molar-refractivity contribution in [2.24, 2.45) is 7.05 Å². The monoisotopic (exact) mass is 368 g/mol. The van der Waals surface area contributed by atoms with Crippen molar-refractivity contribution in [1.82, 2.24) is 4.57 Å². The maximum absolute atomic E-state index is 12.5. The van der Waals surface area contributed by atoms with Crippen LogP contribution in [0.4, 0.5) is 5.69 Å². The average molecular weight is 369 g/mol. The molecule has 0 unspecified atom stereocenters. The summed E-state index contributed by atoms with van der Waals surface area (Å²) < 4.78 is 29.6. The van der Waals surface area contributed by atoms with Gasteiger partial charge in [-0.15, -0.1) is 0 Å². The molecule has 0 aliphatic heterocycles. The van der Waals surface area contributed by atoms with Gasteiger partial charge in [0.15, 0.2) is 0 Å². The molecule has 0 aliphatic carbocycles. The van der Waals surface area contributed by atoms with Crippen LogP contribution in [0.25, 0.3) is 10.2 Å². The number of anilines is 1. The van der Waals surface area contributed by atoms with E-state index in [-0.39, 0.29) is 9.77 Å². The lowest BCUT2D eigenvalue weighted by molar-refractivity contribution is 0.601. The fourth-order valence-electron chi connectivity index (χ4n) is 2.15. The highest BCUT2D eigenvalue weighted by atomic mass is 35.5. The Morgan fingerprint density at radius 2 is 1.91 bits per heavy atom. The van der Waals surface area contributed by atoms with Gasteiger partial charge in [0.2, 0.25) is 0 Å². The van der Waals surface area contributed by atoms with Gasteiger partial charge in [-0.05, 0) is 42.8 Å². The van der Waals surface area contributed by atoms with Crippen molar-refractivity contribution in [3.63, 3.8) is 0 Å². The van der Waals surface area contributed by atoms with Crippen molar-refractivity contribution in [3.8, 4) is 0 Å². The maximum atomic E-state index is 12.5. The Hall–Kier alpha value is -1.83. The van der Waals surface area contributed by atoms with Crippen molar-refractivity contribution in [1.29, 1.82) is 0 Å². The number of thiazole rings is 1. The van der Waals surface area contributed by atoms with Gasteiger partial charge >= 0.3 is 4.87 Å². The van der Waals surface area contributed by atoms with Crippen molar-refractivity contribution in [2.45, 2.75) is 11.8 Å². The minimum Gasteiger partial charge on any atom is -0.302 e. The smallest absolute Gasteiger partial charge is 0.302 e. The zero-order chi connectivity index (χ0) is 16.8. The second-order valence-electron chi connectivity index (χ2n) is 5.13. The van der Waals surface area contributed by atoms with Crippen LogP contribution < -0.4 is 9.60 Å². The highest BCUT2D eigenvalue weighted by Crippen LogP contribution is 2.25. The van der Waals surface area contributed by atoms with Crippen molar-refractivity contribution < 1.29 is 8.42 Å². The fraction of sp³-hybridized carbons (Fsp3) is 0.133. The van der Waals surface area contributed by atoms with Gasteiger partial charge in [0.05, 0.1) is 20.8 Å². The molecular formula is C15H13ClN2O3S2. The van der Waals surface area contributed by atoms with Crippen LogP contribution in [0.5, 0.6) is 0 Å². The fourth-order valence-corrected chi connectivity index (χ4v) is 4.40. The molecule has 0 fully saturated rings. The van der Waals surface area contributed by atoms with Crippen molar-refractivity contribution >= 4 is 48.9 Å². The molecular weight excluding hydrogens is 356 g/mol. The Kier molecular flexibility index (Phi) is 3.95. The SMILES string of the molecule is Cc1ccc(NS(=O)(=O)c2ccc3c(c2)sc(=O)n3C)cc1Cl. The zero-order valence-corrected chi connectivity index (χ0v) is 14.7. The number of nitrogens with zero attached hydrogens (tertiary/aromatic N) is 1. The molecule has 0 spiro atoms. The van der Waals surface area contributed by atoms with Crippen LogP contribution in [-0.2, 0) is 17.1 Å². The number of hydrogen-bond donors (Lipinski definition) is 1. The minimum absolute atomic E-state index is 0.101. The summed E-state index contributed by atoms with van der Waals surface area (Å²) in [6.07, 6.45) is 0. The molecule has 23 heavy (non-hydrogen) atoms. The third-order valence-corrected chi connectivity index (χ3v) is 6.28. The van der Waals surface area contributed by atoms with Crippen LogP contribution in [0.15, 0.2) is 46.1 Å². The van der Waals surface area contributed by atoms with Gasteiger partial charge in [-0.25, -0.2) is 8.42 Å². The summed E-state index contributed by atoms with van der Waals surface area (Å²) in [6.45, 7) is 1.84. The van der Waals surface area contributed by atoms with Gasteiger partial charge in [0.25, 0.3) is 10.0 Å². The lowest BCUT2D eigenvalue weighted by atomic mass is 10.2. The number of sulfonamides is 1. The van der Waals surface area contributed by atoms with Crippen molar-refractivity contribution in [3.05, 3.63) is 56.7 Å². The molecule has 3 rings (SSSR count). The first-order valence-corrected chi connectivity index (χ1v) is 9.34. The first kappa shape index (κ1) is 16.0. The van der Waals surface area contributed by atoms with E-state index in [0.717, 1.165) is 16.9 Å². The number of fused-ring (bicyclic) bond motifs is 1. The summed E-state index contributed by atoms with van der Waals surface area (Å²) in [5.74, 6) is 0. The third-order valence-electron chi connectivity index (χ3n) is 3.50. The predicted octanol–water partition coefficient (Wildman–Crippen LogP) is 3.36. The maximum Gasteiger partial charge on any atom is 0.307 e. The van der Waals surface area contributed by atoms with Gasteiger partial charge in [-0.1, -0.05) is 29.0 Å². The number of hydrogen-bond acceptors (Lipinski definition) is 4. The third kappa shape index (κ3) is 2.99. The predicted molar refractivity (Wildman–Crippen MR) is 94.1 cm³/mol. The van der Waals surface area contributed by atoms with Crippen LogP contribution >= 0.6 is 22.9 Å². The number of halogens is 1. The molecule has 0 amide bonds. The molecule has 0 saturated carbocycles. The van der Waals surface area contributed by atoms with E-state index in [9.17, 15) is 13.2 Å². The topological polar surface area (TPSA) is 68.2 Å². The van der Waals surface area contributed by atoms with Crippen LogP contribution in [0.1, 0.15) is 5.56 Å². The van der Waals surface area contributed by atoms with Crippen molar-refractivity contribution in [2.75, 3.05) is 4.72 Å². The van der Waals surface area contributed by atoms with E-state index in [4.69, 9.17) is 11.6 Å². The minimum atomic E-state index is -3.75. The van der Waals surface area contributed by atoms with E-state index in [2.05, 4.69) is 4.72 Å². The van der Waals surface area contributed by atoms with Gasteiger partial charge in [-0.3, -0.25) is 9.52 Å². The van der Waals surface area contributed by atoms with Crippen LogP contribution in [-0.4, -0.2) is 13.0 Å². The molecule has 0 atom stereocenters. The summed E-state index contributed by atoms with van der Waals surface area (Å²) in [7, 11) is -2.10. The molecule has 5 nitrogen and oxygen atoms in total. The molecule has 1 aromatic heterocycles. The van der Waals surface area contributed by atoms with Gasteiger partial charge in [0.1, 0.15) is 0 Å². The lowest BCUT2D eigenvalue weighted by Crippen LogP contribution is -2.13. The number of aryl methyl sites for hydroxylation is 2. The molecule has 0 bridgehead atoms. The summed E-state index contributed by atoms with van der Waals surface area (Å²) in [6, 6.07) is 9.56. The number of rotatable bonds is 3. The molecule has 2 aromatic carbocycles. The average Bonchev–Trinajstić information content (AvgIpc) is 2.77. The number of aromatic nitrogens is 1. The van der Waals surface area contributed by atoms with E-state index < -0.39 is 10.0 Å². The van der Waals surface area contributed by atoms with E-state index in [1.807, 2.05) is 6.92 Å². The van der Waals surface area contributed by atoms with E-state index in [0.29, 0.717) is 20.9 Å². The van der Waals surface area contributed by atoms with E-state index >= 15 is 0 Å². The highest BCUT2D eigenvalue weighted by Gasteiger charge is 2.16. The largest absolute Gasteiger partial charge is 0.307 e. The summed E-state index contributed by atoms with van der Waals surface area (Å²) >= 11 is 7.03. The lowest BCUT2D eigenvalue weighted by Gasteiger charge is -2.09. The number of benzene rings is 2. The summed E-state index contributed by atoms with van der Waals surface area (Å²) in [5, 5.41) is 0.488. The first-order chi connectivity index (χ1) is 10.8. The summed E-state index contributed by atoms with van der Waals surface area (Å²) in [4.78, 5) is 11.6. The van der Waals surface area contributed by atoms with E-state index in [1.165, 1.54) is 16.7 Å². The first-order valence-electron chi connectivity index (χ1n) is 6.66. The molecule has 1 heterocycles. The van der Waals surface area contributed by atoms with Crippen LogP contribution in [0.3, 0.4) is 0 Å². The molecule has 0 aliphatic rings. The van der Waals surface area contributed by atoms with Gasteiger partial charge < -0.3 is 4.57 Å². The highest BCUT2D eigenvalue weighted by molar-refractivity contribution is 7.92. The second kappa shape index (κ2) is 5.67. The molecule has 8 heteroatoms. The Labute approximate surface area is 142 Å². The Morgan fingerprint density at radius 1 is 1.17 bits per heavy atom. The van der Waals surface area contributed by atoms with Gasteiger partial charge in [-0.2, -0.15) is 0 Å². The Morgan fingerprint density at radius 3 is 2.61 bits per heavy atom. The Balaban J connectivity index is 2.01. The molecule has 0 radical (unpaired) electrons. The van der Waals surface area contributed by atoms with E-state index in [1.54, 1.807) is 31.3 Å². The van der Waals surface area contributed by atoms with Crippen LogP contribution in [0, 0.1) is 6.92 Å². The standard InChI is InChI=1S/C15H13ClN2O3S2/c1-9-3-4-10(7-12(9)16)17-23(20,21)11-5-6-13-14(8-11)22-15(19)18(13)2/h3-8,17H,1-2H3. The quantitative estimate of drug-likeness (QED) is 0.770. The van der Waals surface area contributed by atoms with Crippen LogP contribution in [0.2, 0.25) is 5.02 Å². The normalized spacial score (nSPS) is 11.8. The molecule has 1 N–H and O–H groups in total. The Bertz CT molecular complexity index is 1070. The zero-order valence-electron chi connectivity index (χ0n) is 12.3. The number of nitrogens with one attached hydrogen (secondary N) is 1.